The Morgan fingerprint density at radius 1 is 1.11 bits per heavy atom. The van der Waals surface area contributed by atoms with Gasteiger partial charge in [0.2, 0.25) is 5.91 Å². The number of carbonyl (C=O) groups excluding carboxylic acids is 2. The highest BCUT2D eigenvalue weighted by Gasteiger charge is 2.42. The van der Waals surface area contributed by atoms with Gasteiger partial charge in [0.1, 0.15) is 18.3 Å². The van der Waals surface area contributed by atoms with Crippen LogP contribution in [0.2, 0.25) is 10.0 Å². The van der Waals surface area contributed by atoms with Crippen molar-refractivity contribution in [2.24, 2.45) is 0 Å². The second kappa shape index (κ2) is 12.5. The van der Waals surface area contributed by atoms with Gasteiger partial charge in [-0.05, 0) is 48.2 Å². The van der Waals surface area contributed by atoms with Gasteiger partial charge in [-0.1, -0.05) is 41.4 Å². The number of alkyl halides is 3. The number of carboxylic acid groups (broad SMARTS) is 1. The van der Waals surface area contributed by atoms with Crippen LogP contribution in [0.25, 0.3) is 0 Å². The van der Waals surface area contributed by atoms with Crippen LogP contribution in [-0.4, -0.2) is 60.4 Å². The van der Waals surface area contributed by atoms with E-state index in [0.717, 1.165) is 16.8 Å². The van der Waals surface area contributed by atoms with E-state index in [2.05, 4.69) is 0 Å². The Hall–Kier alpha value is -2.69. The third-order valence-electron chi connectivity index (χ3n) is 5.69. The number of likely N-dealkylation sites (N-methyl/N-ethyl adjacent to an activating group) is 1. The first-order valence-corrected chi connectivity index (χ1v) is 11.6. The summed E-state index contributed by atoms with van der Waals surface area (Å²) in [6.45, 7) is -1.08. The second-order valence-electron chi connectivity index (χ2n) is 8.23. The molecule has 0 aliphatic carbocycles. The summed E-state index contributed by atoms with van der Waals surface area (Å²) in [7, 11) is 2.59. The molecule has 1 N–H and O–H groups in total. The van der Waals surface area contributed by atoms with Crippen LogP contribution in [-0.2, 0) is 16.9 Å². The van der Waals surface area contributed by atoms with Gasteiger partial charge in [0.25, 0.3) is 0 Å². The molecule has 7 nitrogen and oxygen atoms in total. The number of halogens is 5. The van der Waals surface area contributed by atoms with Crippen LogP contribution in [0.15, 0.2) is 42.5 Å². The van der Waals surface area contributed by atoms with Crippen molar-refractivity contribution in [2.75, 3.05) is 27.3 Å². The monoisotopic (exact) mass is 549 g/mol. The minimum atomic E-state index is -4.75. The van der Waals surface area contributed by atoms with Crippen molar-refractivity contribution in [1.82, 2.24) is 9.80 Å². The van der Waals surface area contributed by atoms with Gasteiger partial charge in [-0.25, -0.2) is 0 Å². The fourth-order valence-electron chi connectivity index (χ4n) is 3.98. The van der Waals surface area contributed by atoms with Gasteiger partial charge in [0.05, 0.1) is 22.7 Å². The lowest BCUT2D eigenvalue weighted by Gasteiger charge is -2.48. The molecule has 0 saturated carbocycles. The number of hydrogen-bond acceptors (Lipinski definition) is 5. The normalized spacial score (nSPS) is 13.1. The molecule has 0 heterocycles. The zero-order chi connectivity index (χ0) is 27.1. The molecule has 2 aromatic rings. The average Bonchev–Trinajstić information content (AvgIpc) is 2.81. The summed E-state index contributed by atoms with van der Waals surface area (Å²) in [6.07, 6.45) is -8.12. The lowest BCUT2D eigenvalue weighted by molar-refractivity contribution is -0.274. The van der Waals surface area contributed by atoms with Crippen LogP contribution < -0.4 is 9.84 Å². The highest BCUT2D eigenvalue weighted by Crippen LogP contribution is 2.39. The molecule has 2 amide bonds. The van der Waals surface area contributed by atoms with E-state index in [1.807, 2.05) is 0 Å². The van der Waals surface area contributed by atoms with Crippen molar-refractivity contribution in [3.63, 3.8) is 0 Å². The molecule has 36 heavy (non-hydrogen) atoms. The maximum Gasteiger partial charge on any atom is 0.397 e. The molecule has 2 rings (SSSR count). The molecule has 0 radical (unpaired) electrons. The number of amides is 2. The highest BCUT2D eigenvalue weighted by molar-refractivity contribution is 6.42. The van der Waals surface area contributed by atoms with E-state index in [0.29, 0.717) is 11.3 Å². The molecule has 0 unspecified atom stereocenters. The Labute approximate surface area is 217 Å². The number of rotatable bonds is 11. The van der Waals surface area contributed by atoms with Crippen molar-refractivity contribution in [1.29, 1.82) is 0 Å². The van der Waals surface area contributed by atoms with E-state index in [9.17, 15) is 33.0 Å². The van der Waals surface area contributed by atoms with Gasteiger partial charge in [0.15, 0.2) is 0 Å². The Balaban J connectivity index is 2.68. The van der Waals surface area contributed by atoms with Crippen LogP contribution in [0.4, 0.5) is 18.0 Å². The van der Waals surface area contributed by atoms with Crippen LogP contribution in [0.1, 0.15) is 30.4 Å². The van der Waals surface area contributed by atoms with Crippen LogP contribution in [0, 0.1) is 0 Å². The number of nitrogens with zero attached hydrogens (tertiary/aromatic N) is 2. The fourth-order valence-corrected chi connectivity index (χ4v) is 4.28. The summed E-state index contributed by atoms with van der Waals surface area (Å²) in [5, 5.41) is 22.4. The maximum absolute atomic E-state index is 12.9. The summed E-state index contributed by atoms with van der Waals surface area (Å²) < 4.78 is 44.0. The number of ether oxygens (including phenoxy) is 1. The zero-order valence-electron chi connectivity index (χ0n) is 19.6. The fraction of sp³-hybridized carbons (Fsp3) is 0.417. The van der Waals surface area contributed by atoms with Crippen LogP contribution in [0.3, 0.4) is 0 Å². The minimum Gasteiger partial charge on any atom is -0.530 e. The quantitative estimate of drug-likeness (QED) is 0.452. The predicted molar refractivity (Wildman–Crippen MR) is 127 cm³/mol. The minimum absolute atomic E-state index is 0.0590. The van der Waals surface area contributed by atoms with E-state index < -0.39 is 36.7 Å². The number of carbonyl (C=O) groups is 2. The first kappa shape index (κ1) is 29.5. The van der Waals surface area contributed by atoms with Crippen molar-refractivity contribution >= 4 is 35.2 Å². The lowest BCUT2D eigenvalue weighted by Crippen LogP contribution is -2.59. The molecule has 1 atom stereocenters. The van der Waals surface area contributed by atoms with Crippen molar-refractivity contribution in [2.45, 2.75) is 37.5 Å². The number of aliphatic hydroxyl groups excluding tert-OH is 1. The largest absolute Gasteiger partial charge is 0.530 e. The van der Waals surface area contributed by atoms with E-state index >= 15 is 0 Å². The van der Waals surface area contributed by atoms with Gasteiger partial charge in [-0.2, -0.15) is 13.2 Å². The molecule has 2 aromatic carbocycles. The van der Waals surface area contributed by atoms with Crippen molar-refractivity contribution in [3.8, 4) is 5.75 Å². The van der Waals surface area contributed by atoms with Gasteiger partial charge in [0, 0.05) is 26.7 Å². The molecule has 0 fully saturated rings. The van der Waals surface area contributed by atoms with Gasteiger partial charge >= 0.3 is 6.18 Å². The van der Waals surface area contributed by atoms with Crippen LogP contribution in [0.5, 0.6) is 5.75 Å². The molecule has 0 aliphatic rings. The summed E-state index contributed by atoms with van der Waals surface area (Å²) in [5.41, 5.74) is -0.880. The van der Waals surface area contributed by atoms with Gasteiger partial charge < -0.3 is 29.5 Å². The topological polar surface area (TPSA) is 93.1 Å². The summed E-state index contributed by atoms with van der Waals surface area (Å²) in [4.78, 5) is 26.7. The third-order valence-corrected chi connectivity index (χ3v) is 6.43. The Morgan fingerprint density at radius 2 is 1.81 bits per heavy atom. The van der Waals surface area contributed by atoms with E-state index in [1.54, 1.807) is 24.3 Å². The van der Waals surface area contributed by atoms with Gasteiger partial charge in [-0.15, -0.1) is 0 Å². The molecule has 0 saturated heterocycles. The van der Waals surface area contributed by atoms with Crippen LogP contribution >= 0.6 is 23.2 Å². The van der Waals surface area contributed by atoms with E-state index in [1.165, 1.54) is 25.3 Å². The molecular weight excluding hydrogens is 524 g/mol. The lowest BCUT2D eigenvalue weighted by atomic mass is 9.82. The second-order valence-corrected chi connectivity index (χ2v) is 9.05. The van der Waals surface area contributed by atoms with Crippen molar-refractivity contribution < 1.29 is 37.7 Å². The number of benzene rings is 2. The smallest absolute Gasteiger partial charge is 0.397 e. The first-order chi connectivity index (χ1) is 16.8. The third kappa shape index (κ3) is 7.65. The molecule has 198 valence electrons. The first-order valence-electron chi connectivity index (χ1n) is 10.8. The number of aliphatic hydroxyl groups is 1. The van der Waals surface area contributed by atoms with Gasteiger partial charge in [-0.3, -0.25) is 4.79 Å². The standard InChI is InChI=1S/C24H27Cl2F3N2O5/c1-30(21(33)13-24(27,28)29)15-23(9-4-10-32,17-7-8-19(25)20(26)12-17)31(22(34)35)14-16-5-3-6-18(11-16)36-2/h3,5-8,11-12,32H,4,9-10,13-15H2,1-2H3,(H,34,35)/p-1/t23-/m1/s1. The SMILES string of the molecule is COc1cccc(CN(C(=O)[O-])[C@](CCCO)(CN(C)C(=O)CC(F)(F)F)c2ccc(Cl)c(Cl)c2)c1. The Bertz CT molecular complexity index is 1070. The van der Waals surface area contributed by atoms with E-state index in [-0.39, 0.29) is 41.6 Å². The zero-order valence-corrected chi connectivity index (χ0v) is 21.2. The molecule has 0 spiro atoms. The Morgan fingerprint density at radius 3 is 2.36 bits per heavy atom. The number of hydrogen-bond donors (Lipinski definition) is 1. The average molecular weight is 550 g/mol. The maximum atomic E-state index is 12.9. The highest BCUT2D eigenvalue weighted by atomic mass is 35.5. The number of methoxy groups -OCH3 is 1. The van der Waals surface area contributed by atoms with E-state index in [4.69, 9.17) is 27.9 Å². The van der Waals surface area contributed by atoms with Crippen molar-refractivity contribution in [3.05, 3.63) is 63.6 Å². The molecule has 0 aliphatic heterocycles. The Kier molecular flexibility index (Phi) is 10.3. The summed E-state index contributed by atoms with van der Waals surface area (Å²) >= 11 is 12.3. The molecule has 12 heteroatoms. The molecule has 0 aromatic heterocycles. The summed E-state index contributed by atoms with van der Waals surface area (Å²) in [6, 6.07) is 10.8. The summed E-state index contributed by atoms with van der Waals surface area (Å²) in [5.74, 6) is -0.797. The predicted octanol–water partition coefficient (Wildman–Crippen LogP) is 4.23. The molecule has 0 bridgehead atoms. The molecular formula is C24H26Cl2F3N2O5-.